The average molecular weight is 313 g/mol. The van der Waals surface area contributed by atoms with E-state index in [1.54, 1.807) is 6.07 Å². The molecule has 0 radical (unpaired) electrons. The molecule has 1 unspecified atom stereocenters. The molecule has 1 fully saturated rings. The first-order valence-corrected chi connectivity index (χ1v) is 7.02. The van der Waals surface area contributed by atoms with Crippen LogP contribution in [0.2, 0.25) is 0 Å². The molecule has 0 saturated carbocycles. The smallest absolute Gasteiger partial charge is 0.324 e. The van der Waals surface area contributed by atoms with Crippen molar-refractivity contribution in [1.29, 1.82) is 0 Å². The maximum Gasteiger partial charge on any atom is 0.408 e. The number of hydrogen-bond donors (Lipinski definition) is 0. The predicted octanol–water partition coefficient (Wildman–Crippen LogP) is 2.07. The second-order valence-electron chi connectivity index (χ2n) is 5.20. The Bertz CT molecular complexity index is 651. The second-order valence-corrected chi connectivity index (χ2v) is 5.20. The summed E-state index contributed by atoms with van der Waals surface area (Å²) in [5, 5.41) is 3.92. The maximum absolute atomic E-state index is 13.2. The molecule has 1 aliphatic heterocycles. The molecular formula is C13H14F3N5O. The minimum Gasteiger partial charge on any atom is -0.324 e. The molecule has 2 aromatic rings. The average Bonchev–Trinajstić information content (AvgIpc) is 2.73. The van der Waals surface area contributed by atoms with Gasteiger partial charge in [-0.1, -0.05) is 12.8 Å². The normalized spacial score (nSPS) is 20.1. The minimum absolute atomic E-state index is 0.0615. The number of likely N-dealkylation sites (tertiary alicyclic amines) is 1. The van der Waals surface area contributed by atoms with Crippen LogP contribution in [0.3, 0.4) is 0 Å². The summed E-state index contributed by atoms with van der Waals surface area (Å²) in [6, 6.07) is -0.178. The molecule has 0 aromatic carbocycles. The summed E-state index contributed by atoms with van der Waals surface area (Å²) in [6.45, 7) is 0.0615. The zero-order valence-electron chi connectivity index (χ0n) is 11.6. The number of aromatic nitrogens is 4. The van der Waals surface area contributed by atoms with E-state index in [0.29, 0.717) is 19.3 Å². The van der Waals surface area contributed by atoms with Crippen LogP contribution in [0.1, 0.15) is 36.3 Å². The van der Waals surface area contributed by atoms with Crippen molar-refractivity contribution in [2.45, 2.75) is 37.9 Å². The van der Waals surface area contributed by atoms with Crippen LogP contribution < -0.4 is 0 Å². The van der Waals surface area contributed by atoms with E-state index >= 15 is 0 Å². The number of nitrogens with zero attached hydrogens (tertiary/aromatic N) is 5. The van der Waals surface area contributed by atoms with Gasteiger partial charge in [0.15, 0.2) is 0 Å². The molecule has 118 valence electrons. The zero-order chi connectivity index (χ0) is 15.7. The molecule has 9 heteroatoms. The lowest BCUT2D eigenvalue weighted by molar-refractivity contribution is -0.177. The van der Waals surface area contributed by atoms with Crippen LogP contribution in [-0.2, 0) is 0 Å². The highest BCUT2D eigenvalue weighted by Gasteiger charge is 2.46. The predicted molar refractivity (Wildman–Crippen MR) is 70.1 cm³/mol. The molecule has 3 rings (SSSR count). The molecule has 6 nitrogen and oxygen atoms in total. The van der Waals surface area contributed by atoms with Crippen molar-refractivity contribution in [3.8, 4) is 0 Å². The third kappa shape index (κ3) is 2.75. The van der Waals surface area contributed by atoms with Gasteiger partial charge < -0.3 is 4.90 Å². The topological polar surface area (TPSA) is 63.4 Å². The Morgan fingerprint density at radius 2 is 2.09 bits per heavy atom. The Balaban J connectivity index is 1.93. The molecule has 0 spiro atoms. The van der Waals surface area contributed by atoms with Gasteiger partial charge in [-0.15, -0.1) is 5.10 Å². The van der Waals surface area contributed by atoms with Gasteiger partial charge in [-0.3, -0.25) is 4.79 Å². The second kappa shape index (κ2) is 5.54. The third-order valence-electron chi connectivity index (χ3n) is 3.70. The Hall–Kier alpha value is -2.19. The van der Waals surface area contributed by atoms with E-state index in [9.17, 15) is 18.0 Å². The third-order valence-corrected chi connectivity index (χ3v) is 3.70. The van der Waals surface area contributed by atoms with Gasteiger partial charge in [-0.05, 0) is 18.9 Å². The maximum atomic E-state index is 13.2. The highest BCUT2D eigenvalue weighted by molar-refractivity contribution is 5.91. The zero-order valence-corrected chi connectivity index (χ0v) is 11.6. The van der Waals surface area contributed by atoms with E-state index in [1.165, 1.54) is 16.9 Å². The Morgan fingerprint density at radius 1 is 1.27 bits per heavy atom. The summed E-state index contributed by atoms with van der Waals surface area (Å²) in [4.78, 5) is 21.1. The fraction of sp³-hybridized carbons (Fsp3) is 0.538. The van der Waals surface area contributed by atoms with E-state index in [4.69, 9.17) is 0 Å². The lowest BCUT2D eigenvalue weighted by atomic mass is 10.1. The molecule has 0 N–H and O–H groups in total. The molecule has 1 aliphatic rings. The van der Waals surface area contributed by atoms with E-state index in [1.807, 2.05) is 0 Å². The molecule has 3 heterocycles. The van der Waals surface area contributed by atoms with Gasteiger partial charge in [0.1, 0.15) is 6.04 Å². The Kier molecular flexibility index (Phi) is 3.71. The quantitative estimate of drug-likeness (QED) is 0.808. The van der Waals surface area contributed by atoms with Crippen LogP contribution in [0, 0.1) is 0 Å². The molecule has 1 atom stereocenters. The number of fused-ring (bicyclic) bond motifs is 1. The van der Waals surface area contributed by atoms with Gasteiger partial charge in [0.05, 0.1) is 0 Å². The standard InChI is InChI=1S/C13H14F3N5O/c14-13(15,16)9-5-2-1-3-7-20(9)11(22)10-18-12-17-6-4-8-21(12)19-10/h4,6,8-9H,1-3,5,7H2. The highest BCUT2D eigenvalue weighted by atomic mass is 19.4. The van der Waals surface area contributed by atoms with Gasteiger partial charge in [0, 0.05) is 18.9 Å². The van der Waals surface area contributed by atoms with Crippen molar-refractivity contribution in [1.82, 2.24) is 24.5 Å². The van der Waals surface area contributed by atoms with Gasteiger partial charge in [0.2, 0.25) is 5.82 Å². The van der Waals surface area contributed by atoms with Gasteiger partial charge >= 0.3 is 6.18 Å². The van der Waals surface area contributed by atoms with Crippen LogP contribution in [0.4, 0.5) is 13.2 Å². The van der Waals surface area contributed by atoms with Crippen LogP contribution in [0.15, 0.2) is 18.5 Å². The molecular weight excluding hydrogens is 299 g/mol. The largest absolute Gasteiger partial charge is 0.408 e. The number of hydrogen-bond acceptors (Lipinski definition) is 4. The van der Waals surface area contributed by atoms with E-state index in [2.05, 4.69) is 15.1 Å². The van der Waals surface area contributed by atoms with Crippen molar-refractivity contribution >= 4 is 11.7 Å². The molecule has 1 amide bonds. The number of amides is 1. The van der Waals surface area contributed by atoms with Crippen LogP contribution >= 0.6 is 0 Å². The first kappa shape index (κ1) is 14.7. The SMILES string of the molecule is O=C(c1nc2ncccn2n1)N1CCCCCC1C(F)(F)F. The fourth-order valence-corrected chi connectivity index (χ4v) is 2.64. The number of carbonyl (C=O) groups is 1. The number of carbonyl (C=O) groups excluding carboxylic acids is 1. The van der Waals surface area contributed by atoms with Gasteiger partial charge in [-0.25, -0.2) is 9.50 Å². The summed E-state index contributed by atoms with van der Waals surface area (Å²) >= 11 is 0. The summed E-state index contributed by atoms with van der Waals surface area (Å²) in [7, 11) is 0. The van der Waals surface area contributed by atoms with Crippen LogP contribution in [0.5, 0.6) is 0 Å². The number of alkyl halides is 3. The lowest BCUT2D eigenvalue weighted by Crippen LogP contribution is -2.48. The monoisotopic (exact) mass is 313 g/mol. The van der Waals surface area contributed by atoms with E-state index < -0.39 is 18.1 Å². The van der Waals surface area contributed by atoms with Crippen LogP contribution in [0.25, 0.3) is 5.78 Å². The first-order chi connectivity index (χ1) is 10.5. The van der Waals surface area contributed by atoms with Gasteiger partial charge in [-0.2, -0.15) is 18.2 Å². The van der Waals surface area contributed by atoms with Crippen molar-refractivity contribution in [3.05, 3.63) is 24.3 Å². The fourth-order valence-electron chi connectivity index (χ4n) is 2.64. The van der Waals surface area contributed by atoms with E-state index in [-0.39, 0.29) is 24.6 Å². The molecule has 2 aromatic heterocycles. The van der Waals surface area contributed by atoms with Crippen molar-refractivity contribution in [2.24, 2.45) is 0 Å². The minimum atomic E-state index is -4.45. The van der Waals surface area contributed by atoms with E-state index in [0.717, 1.165) is 4.90 Å². The molecule has 1 saturated heterocycles. The van der Waals surface area contributed by atoms with Crippen molar-refractivity contribution in [2.75, 3.05) is 6.54 Å². The molecule has 0 aliphatic carbocycles. The van der Waals surface area contributed by atoms with Crippen molar-refractivity contribution < 1.29 is 18.0 Å². The summed E-state index contributed by atoms with van der Waals surface area (Å²) in [6.07, 6.45) is 0.158. The highest BCUT2D eigenvalue weighted by Crippen LogP contribution is 2.31. The number of halogens is 3. The Morgan fingerprint density at radius 3 is 2.82 bits per heavy atom. The first-order valence-electron chi connectivity index (χ1n) is 7.02. The lowest BCUT2D eigenvalue weighted by Gasteiger charge is -2.30. The summed E-state index contributed by atoms with van der Waals surface area (Å²) in [5.41, 5.74) is 0. The van der Waals surface area contributed by atoms with Gasteiger partial charge in [0.25, 0.3) is 11.7 Å². The Labute approximate surface area is 124 Å². The van der Waals surface area contributed by atoms with Crippen LogP contribution in [-0.4, -0.2) is 49.2 Å². The summed E-state index contributed by atoms with van der Waals surface area (Å²) in [5.74, 6) is -0.867. The van der Waals surface area contributed by atoms with Crippen molar-refractivity contribution in [3.63, 3.8) is 0 Å². The molecule has 0 bridgehead atoms. The summed E-state index contributed by atoms with van der Waals surface area (Å²) < 4.78 is 40.9. The molecule has 22 heavy (non-hydrogen) atoms. The number of rotatable bonds is 1.